The molecule has 27 heavy (non-hydrogen) atoms. The minimum Gasteiger partial charge on any atom is -0.486 e. The number of ether oxygens (including phenoxy) is 2. The lowest BCUT2D eigenvalue weighted by molar-refractivity contribution is 0.0949. The van der Waals surface area contributed by atoms with Gasteiger partial charge < -0.3 is 19.8 Å². The Morgan fingerprint density at radius 3 is 2.85 bits per heavy atom. The number of aromatic nitrogens is 1. The van der Waals surface area contributed by atoms with Gasteiger partial charge in [0.15, 0.2) is 11.5 Å². The van der Waals surface area contributed by atoms with E-state index in [1.54, 1.807) is 30.3 Å². The second kappa shape index (κ2) is 7.32. The molecule has 0 saturated heterocycles. The Bertz CT molecular complexity index is 1080. The largest absolute Gasteiger partial charge is 0.486 e. The number of halogens is 1. The molecule has 1 amide bonds. The fourth-order valence-electron chi connectivity index (χ4n) is 3.06. The SMILES string of the molecule is O=C(NCCc1cc(Cl)c2c(c1)OCCO2)c1cc2ccccc2c(=O)[nH]1. The molecule has 0 bridgehead atoms. The van der Waals surface area contributed by atoms with E-state index in [0.29, 0.717) is 48.1 Å². The van der Waals surface area contributed by atoms with Gasteiger partial charge in [0.1, 0.15) is 18.9 Å². The number of aromatic amines is 1. The lowest BCUT2D eigenvalue weighted by Crippen LogP contribution is -2.28. The number of fused-ring (bicyclic) bond motifs is 2. The summed E-state index contributed by atoms with van der Waals surface area (Å²) in [5, 5.41) is 4.59. The minimum absolute atomic E-state index is 0.235. The number of carbonyl (C=O) groups excluding carboxylic acids is 1. The summed E-state index contributed by atoms with van der Waals surface area (Å²) in [7, 11) is 0. The number of hydrogen-bond donors (Lipinski definition) is 2. The van der Waals surface area contributed by atoms with Crippen LogP contribution < -0.4 is 20.3 Å². The summed E-state index contributed by atoms with van der Waals surface area (Å²) in [6.07, 6.45) is 0.569. The van der Waals surface area contributed by atoms with E-state index in [-0.39, 0.29) is 17.2 Å². The maximum Gasteiger partial charge on any atom is 0.267 e. The summed E-state index contributed by atoms with van der Waals surface area (Å²) >= 11 is 6.23. The van der Waals surface area contributed by atoms with E-state index in [9.17, 15) is 9.59 Å². The standard InChI is InChI=1S/C20H17ClN2O4/c21-15-9-12(10-17-18(15)27-8-7-26-17)5-6-22-20(25)16-11-13-3-1-2-4-14(13)19(24)23-16/h1-4,9-11H,5-8H2,(H,22,25)(H,23,24). The summed E-state index contributed by atoms with van der Waals surface area (Å²) in [6.45, 7) is 1.36. The quantitative estimate of drug-likeness (QED) is 0.724. The zero-order valence-corrected chi connectivity index (χ0v) is 15.1. The molecule has 0 fully saturated rings. The van der Waals surface area contributed by atoms with Crippen molar-refractivity contribution in [3.8, 4) is 11.5 Å². The molecule has 2 aromatic carbocycles. The van der Waals surface area contributed by atoms with Crippen molar-refractivity contribution in [3.05, 3.63) is 69.1 Å². The molecule has 0 atom stereocenters. The van der Waals surface area contributed by atoms with Gasteiger partial charge in [-0.25, -0.2) is 0 Å². The molecule has 138 valence electrons. The van der Waals surface area contributed by atoms with Crippen molar-refractivity contribution >= 4 is 28.3 Å². The average molecular weight is 385 g/mol. The normalized spacial score (nSPS) is 12.8. The van der Waals surface area contributed by atoms with E-state index in [1.807, 2.05) is 12.1 Å². The molecule has 0 unspecified atom stereocenters. The number of benzene rings is 2. The minimum atomic E-state index is -0.332. The first-order valence-electron chi connectivity index (χ1n) is 8.60. The van der Waals surface area contributed by atoms with Gasteiger partial charge in [0.2, 0.25) is 0 Å². The highest BCUT2D eigenvalue weighted by Gasteiger charge is 2.17. The Morgan fingerprint density at radius 1 is 1.15 bits per heavy atom. The van der Waals surface area contributed by atoms with Crippen molar-refractivity contribution in [2.24, 2.45) is 0 Å². The van der Waals surface area contributed by atoms with Crippen LogP contribution in [0.15, 0.2) is 47.3 Å². The van der Waals surface area contributed by atoms with Crippen LogP contribution in [-0.2, 0) is 6.42 Å². The van der Waals surface area contributed by atoms with Gasteiger partial charge in [0.25, 0.3) is 11.5 Å². The lowest BCUT2D eigenvalue weighted by atomic mass is 10.1. The van der Waals surface area contributed by atoms with Gasteiger partial charge in [0, 0.05) is 11.9 Å². The van der Waals surface area contributed by atoms with Crippen molar-refractivity contribution in [1.29, 1.82) is 0 Å². The monoisotopic (exact) mass is 384 g/mol. The summed E-state index contributed by atoms with van der Waals surface area (Å²) in [4.78, 5) is 27.1. The second-order valence-corrected chi connectivity index (χ2v) is 6.61. The number of pyridine rings is 1. The first-order valence-corrected chi connectivity index (χ1v) is 8.98. The third kappa shape index (κ3) is 3.61. The Labute approximate surface area is 160 Å². The van der Waals surface area contributed by atoms with Gasteiger partial charge in [-0.1, -0.05) is 29.8 Å². The van der Waals surface area contributed by atoms with E-state index < -0.39 is 0 Å². The predicted molar refractivity (Wildman–Crippen MR) is 103 cm³/mol. The van der Waals surface area contributed by atoms with Crippen LogP contribution in [0.4, 0.5) is 0 Å². The van der Waals surface area contributed by atoms with Crippen molar-refractivity contribution in [1.82, 2.24) is 10.3 Å². The Balaban J connectivity index is 1.44. The van der Waals surface area contributed by atoms with Gasteiger partial charge in [-0.2, -0.15) is 0 Å². The fourth-order valence-corrected chi connectivity index (χ4v) is 3.35. The molecule has 2 N–H and O–H groups in total. The highest BCUT2D eigenvalue weighted by atomic mass is 35.5. The summed E-state index contributed by atoms with van der Waals surface area (Å²) in [5.74, 6) is 0.847. The summed E-state index contributed by atoms with van der Waals surface area (Å²) in [5.41, 5.74) is 0.882. The fraction of sp³-hybridized carbons (Fsp3) is 0.200. The molecular formula is C20H17ClN2O4. The number of nitrogens with one attached hydrogen (secondary N) is 2. The average Bonchev–Trinajstić information content (AvgIpc) is 2.68. The zero-order valence-electron chi connectivity index (χ0n) is 14.4. The molecule has 3 aromatic rings. The van der Waals surface area contributed by atoms with Gasteiger partial charge in [-0.3, -0.25) is 9.59 Å². The van der Waals surface area contributed by atoms with Crippen molar-refractivity contribution in [3.63, 3.8) is 0 Å². The molecule has 2 heterocycles. The van der Waals surface area contributed by atoms with Crippen molar-refractivity contribution in [2.45, 2.75) is 6.42 Å². The number of hydrogen-bond acceptors (Lipinski definition) is 4. The van der Waals surface area contributed by atoms with Gasteiger partial charge in [-0.05, 0) is 41.6 Å². The molecule has 4 rings (SSSR count). The van der Waals surface area contributed by atoms with E-state index >= 15 is 0 Å². The number of H-pyrrole nitrogens is 1. The number of rotatable bonds is 4. The van der Waals surface area contributed by atoms with Crippen LogP contribution in [0.5, 0.6) is 11.5 Å². The number of carbonyl (C=O) groups is 1. The van der Waals surface area contributed by atoms with E-state index in [2.05, 4.69) is 10.3 Å². The highest BCUT2D eigenvalue weighted by molar-refractivity contribution is 6.32. The van der Waals surface area contributed by atoms with E-state index in [4.69, 9.17) is 21.1 Å². The van der Waals surface area contributed by atoms with Crippen LogP contribution in [0.25, 0.3) is 10.8 Å². The molecule has 1 aliphatic rings. The van der Waals surface area contributed by atoms with Crippen LogP contribution in [0, 0.1) is 0 Å². The Hall–Kier alpha value is -2.99. The zero-order chi connectivity index (χ0) is 18.8. The Kier molecular flexibility index (Phi) is 4.73. The topological polar surface area (TPSA) is 80.4 Å². The van der Waals surface area contributed by atoms with E-state index in [1.165, 1.54) is 0 Å². The van der Waals surface area contributed by atoms with Gasteiger partial charge in [0.05, 0.1) is 5.02 Å². The van der Waals surface area contributed by atoms with Crippen LogP contribution in [0.1, 0.15) is 16.1 Å². The van der Waals surface area contributed by atoms with Crippen LogP contribution in [0.3, 0.4) is 0 Å². The first kappa shape index (κ1) is 17.4. The highest BCUT2D eigenvalue weighted by Crippen LogP contribution is 2.38. The Morgan fingerprint density at radius 2 is 1.96 bits per heavy atom. The van der Waals surface area contributed by atoms with Crippen molar-refractivity contribution < 1.29 is 14.3 Å². The summed E-state index contributed by atoms with van der Waals surface area (Å²) in [6, 6.07) is 12.5. The molecule has 7 heteroatoms. The lowest BCUT2D eigenvalue weighted by Gasteiger charge is -2.20. The molecule has 0 radical (unpaired) electrons. The molecule has 0 spiro atoms. The second-order valence-electron chi connectivity index (χ2n) is 6.21. The number of amides is 1. The molecule has 6 nitrogen and oxygen atoms in total. The maximum atomic E-state index is 12.4. The maximum absolute atomic E-state index is 12.4. The smallest absolute Gasteiger partial charge is 0.267 e. The molecule has 1 aliphatic heterocycles. The van der Waals surface area contributed by atoms with Crippen LogP contribution in [-0.4, -0.2) is 30.6 Å². The van der Waals surface area contributed by atoms with Gasteiger partial charge in [-0.15, -0.1) is 0 Å². The van der Waals surface area contributed by atoms with Crippen LogP contribution >= 0.6 is 11.6 Å². The summed E-state index contributed by atoms with van der Waals surface area (Å²) < 4.78 is 11.1. The van der Waals surface area contributed by atoms with Crippen LogP contribution in [0.2, 0.25) is 5.02 Å². The molecule has 0 saturated carbocycles. The van der Waals surface area contributed by atoms with E-state index in [0.717, 1.165) is 10.9 Å². The molecule has 1 aromatic heterocycles. The van der Waals surface area contributed by atoms with Gasteiger partial charge >= 0.3 is 0 Å². The first-order chi connectivity index (χ1) is 13.1. The molecule has 0 aliphatic carbocycles. The third-order valence-electron chi connectivity index (χ3n) is 4.35. The predicted octanol–water partition coefficient (Wildman–Crippen LogP) is 2.93. The third-order valence-corrected chi connectivity index (χ3v) is 4.63. The van der Waals surface area contributed by atoms with Crippen molar-refractivity contribution in [2.75, 3.05) is 19.8 Å². The molecular weight excluding hydrogens is 368 g/mol.